The van der Waals surface area contributed by atoms with Crippen LogP contribution < -0.4 is 0 Å². The third-order valence-electron chi connectivity index (χ3n) is 2.20. The van der Waals surface area contributed by atoms with E-state index in [1.165, 1.54) is 0 Å². The van der Waals surface area contributed by atoms with E-state index >= 15 is 0 Å². The van der Waals surface area contributed by atoms with Crippen LogP contribution in [0.1, 0.15) is 37.9 Å². The summed E-state index contributed by atoms with van der Waals surface area (Å²) in [7, 11) is 1.61. The minimum Gasteiger partial charge on any atom is -0.378 e. The average Bonchev–Trinajstić information content (AvgIpc) is 2.32. The molecule has 0 spiro atoms. The molecular weight excluding hydrogens is 307 g/mol. The Morgan fingerprint density at radius 3 is 2.59 bits per heavy atom. The molecule has 96 valence electrons. The molecule has 1 heterocycles. The van der Waals surface area contributed by atoms with E-state index in [4.69, 9.17) is 21.1 Å². The van der Waals surface area contributed by atoms with Crippen molar-refractivity contribution in [2.24, 2.45) is 0 Å². The third kappa shape index (κ3) is 3.88. The molecule has 1 unspecified atom stereocenters. The summed E-state index contributed by atoms with van der Waals surface area (Å²) in [6.07, 6.45) is 0.680. The van der Waals surface area contributed by atoms with Crippen LogP contribution in [-0.4, -0.2) is 23.7 Å². The molecule has 0 aliphatic carbocycles. The highest BCUT2D eigenvalue weighted by atomic mass is 79.9. The monoisotopic (exact) mass is 322 g/mol. The molecule has 0 aromatic carbocycles. The zero-order chi connectivity index (χ0) is 12.8. The molecule has 1 atom stereocenters. The van der Waals surface area contributed by atoms with Gasteiger partial charge in [-0.15, -0.1) is 0 Å². The van der Waals surface area contributed by atoms with E-state index in [-0.39, 0.29) is 6.10 Å². The van der Waals surface area contributed by atoms with E-state index < -0.39 is 0 Å². The van der Waals surface area contributed by atoms with Crippen molar-refractivity contribution in [3.05, 3.63) is 21.1 Å². The van der Waals surface area contributed by atoms with Gasteiger partial charge in [0.1, 0.15) is 11.3 Å². The van der Waals surface area contributed by atoms with E-state index in [2.05, 4.69) is 25.9 Å². The number of halogens is 2. The molecule has 0 N–H and O–H groups in total. The number of methoxy groups -OCH3 is 1. The van der Waals surface area contributed by atoms with Crippen LogP contribution in [0.4, 0.5) is 0 Å². The first-order chi connectivity index (χ1) is 8.13. The van der Waals surface area contributed by atoms with Crippen molar-refractivity contribution >= 4 is 27.5 Å². The molecule has 0 saturated carbocycles. The molecule has 0 radical (unpaired) electrons. The lowest BCUT2D eigenvalue weighted by molar-refractivity contribution is 0.0529. The van der Waals surface area contributed by atoms with Crippen LogP contribution >= 0.6 is 27.5 Å². The predicted octanol–water partition coefficient (Wildman–Crippen LogP) is 3.53. The van der Waals surface area contributed by atoms with E-state index in [1.54, 1.807) is 7.11 Å². The Kier molecular flexibility index (Phi) is 6.33. The van der Waals surface area contributed by atoms with Gasteiger partial charge in [0.2, 0.25) is 0 Å². The van der Waals surface area contributed by atoms with Crippen LogP contribution in [0.15, 0.2) is 4.47 Å². The van der Waals surface area contributed by atoms with Gasteiger partial charge in [0.15, 0.2) is 5.82 Å². The van der Waals surface area contributed by atoms with E-state index in [9.17, 15) is 0 Å². The van der Waals surface area contributed by atoms with E-state index in [0.717, 1.165) is 12.1 Å². The van der Waals surface area contributed by atoms with Crippen molar-refractivity contribution in [3.63, 3.8) is 0 Å². The minimum absolute atomic E-state index is 0.124. The first-order valence-corrected chi connectivity index (χ1v) is 6.63. The van der Waals surface area contributed by atoms with Gasteiger partial charge in [-0.1, -0.05) is 18.5 Å². The van der Waals surface area contributed by atoms with Crippen molar-refractivity contribution < 1.29 is 9.47 Å². The predicted molar refractivity (Wildman–Crippen MR) is 70.1 cm³/mol. The Labute approximate surface area is 115 Å². The Bertz CT molecular complexity index is 377. The molecular formula is C11H16BrClN2O2. The maximum absolute atomic E-state index is 6.05. The molecule has 0 fully saturated rings. The summed E-state index contributed by atoms with van der Waals surface area (Å²) in [5.74, 6) is 0.606. The second-order valence-electron chi connectivity index (χ2n) is 3.42. The summed E-state index contributed by atoms with van der Waals surface area (Å²) in [5.41, 5.74) is 0.737. The summed E-state index contributed by atoms with van der Waals surface area (Å²) in [4.78, 5) is 8.65. The summed E-state index contributed by atoms with van der Waals surface area (Å²) < 4.78 is 11.3. The van der Waals surface area contributed by atoms with Crippen molar-refractivity contribution in [1.82, 2.24) is 9.97 Å². The smallest absolute Gasteiger partial charge is 0.159 e. The molecule has 0 aliphatic rings. The summed E-state index contributed by atoms with van der Waals surface area (Å²) in [5, 5.41) is 0.389. The van der Waals surface area contributed by atoms with Gasteiger partial charge >= 0.3 is 0 Å². The first-order valence-electron chi connectivity index (χ1n) is 5.46. The maximum Gasteiger partial charge on any atom is 0.159 e. The largest absolute Gasteiger partial charge is 0.378 e. The maximum atomic E-state index is 6.05. The minimum atomic E-state index is -0.124. The van der Waals surface area contributed by atoms with E-state index in [0.29, 0.717) is 28.7 Å². The fourth-order valence-corrected chi connectivity index (χ4v) is 1.92. The molecule has 6 heteroatoms. The molecule has 0 saturated heterocycles. The highest BCUT2D eigenvalue weighted by Gasteiger charge is 2.17. The number of ether oxygens (including phenoxy) is 2. The van der Waals surface area contributed by atoms with Gasteiger partial charge in [0, 0.05) is 13.7 Å². The van der Waals surface area contributed by atoms with Crippen LogP contribution in [0.25, 0.3) is 0 Å². The summed E-state index contributed by atoms with van der Waals surface area (Å²) in [6.45, 7) is 4.97. The SMILES string of the molecule is CCOC(CC)c1nc(Cl)c(Br)c(COC)n1. The normalized spacial score (nSPS) is 12.8. The molecule has 0 amide bonds. The van der Waals surface area contributed by atoms with Crippen molar-refractivity contribution in [1.29, 1.82) is 0 Å². The van der Waals surface area contributed by atoms with Crippen molar-refractivity contribution in [2.75, 3.05) is 13.7 Å². The zero-order valence-electron chi connectivity index (χ0n) is 10.2. The summed E-state index contributed by atoms with van der Waals surface area (Å²) >= 11 is 9.39. The van der Waals surface area contributed by atoms with Gasteiger partial charge < -0.3 is 9.47 Å². The second kappa shape index (κ2) is 7.26. The molecule has 1 aromatic heterocycles. The quantitative estimate of drug-likeness (QED) is 0.751. The lowest BCUT2D eigenvalue weighted by atomic mass is 10.2. The number of aromatic nitrogens is 2. The van der Waals surface area contributed by atoms with Crippen LogP contribution in [0.3, 0.4) is 0 Å². The molecule has 0 bridgehead atoms. The molecule has 1 aromatic rings. The number of hydrogen-bond donors (Lipinski definition) is 0. The van der Waals surface area contributed by atoms with Gasteiger partial charge in [0.25, 0.3) is 0 Å². The van der Waals surface area contributed by atoms with Crippen molar-refractivity contribution in [2.45, 2.75) is 33.0 Å². The second-order valence-corrected chi connectivity index (χ2v) is 4.57. The lowest BCUT2D eigenvalue weighted by Crippen LogP contribution is -2.10. The van der Waals surface area contributed by atoms with Gasteiger partial charge in [-0.2, -0.15) is 0 Å². The lowest BCUT2D eigenvalue weighted by Gasteiger charge is -2.15. The first kappa shape index (κ1) is 14.8. The van der Waals surface area contributed by atoms with Gasteiger partial charge in [-0.05, 0) is 29.3 Å². The Morgan fingerprint density at radius 1 is 1.35 bits per heavy atom. The Hall–Kier alpha value is -0.230. The molecule has 17 heavy (non-hydrogen) atoms. The van der Waals surface area contributed by atoms with Crippen LogP contribution in [-0.2, 0) is 16.1 Å². The van der Waals surface area contributed by atoms with Crippen LogP contribution in [0.2, 0.25) is 5.15 Å². The third-order valence-corrected chi connectivity index (χ3v) is 3.54. The van der Waals surface area contributed by atoms with Crippen molar-refractivity contribution in [3.8, 4) is 0 Å². The topological polar surface area (TPSA) is 44.2 Å². The number of rotatable bonds is 6. The molecule has 0 aliphatic heterocycles. The zero-order valence-corrected chi connectivity index (χ0v) is 12.5. The Balaban J connectivity index is 3.07. The standard InChI is InChI=1S/C11H16BrClN2O2/c1-4-8(17-5-2)11-14-7(6-16-3)9(12)10(13)15-11/h8H,4-6H2,1-3H3. The fraction of sp³-hybridized carbons (Fsp3) is 0.636. The van der Waals surface area contributed by atoms with Gasteiger partial charge in [0.05, 0.1) is 16.8 Å². The van der Waals surface area contributed by atoms with Crippen LogP contribution in [0.5, 0.6) is 0 Å². The Morgan fingerprint density at radius 2 is 2.06 bits per heavy atom. The van der Waals surface area contributed by atoms with Crippen LogP contribution in [0, 0.1) is 0 Å². The fourth-order valence-electron chi connectivity index (χ4n) is 1.43. The van der Waals surface area contributed by atoms with E-state index in [1.807, 2.05) is 13.8 Å². The highest BCUT2D eigenvalue weighted by Crippen LogP contribution is 2.27. The average molecular weight is 324 g/mol. The van der Waals surface area contributed by atoms with Gasteiger partial charge in [-0.25, -0.2) is 9.97 Å². The number of nitrogens with zero attached hydrogens (tertiary/aromatic N) is 2. The molecule has 4 nitrogen and oxygen atoms in total. The van der Waals surface area contributed by atoms with Gasteiger partial charge in [-0.3, -0.25) is 0 Å². The summed E-state index contributed by atoms with van der Waals surface area (Å²) in [6, 6.07) is 0. The highest BCUT2D eigenvalue weighted by molar-refractivity contribution is 9.10. The number of hydrogen-bond acceptors (Lipinski definition) is 4. The molecule has 1 rings (SSSR count).